The van der Waals surface area contributed by atoms with Gasteiger partial charge in [0.15, 0.2) is 0 Å². The number of hydrogen-bond donors (Lipinski definition) is 1. The second-order valence-electron chi connectivity index (χ2n) is 4.87. The largest absolute Gasteiger partial charge is 0.315 e. The molecule has 1 atom stereocenters. The Hall–Kier alpha value is -0.160. The van der Waals surface area contributed by atoms with E-state index in [2.05, 4.69) is 33.1 Å². The Labute approximate surface area is 129 Å². The first-order valence-electron chi connectivity index (χ1n) is 6.59. The number of rotatable bonds is 5. The molecule has 1 heterocycles. The standard InChI is InChI=1S/C14H20BrFN2.ClH/c1-2-7-18(12-5-6-17-9-12)10-11-3-4-14(16)13(15)8-11;/h3-4,8,12,17H,2,5-7,9-10H2,1H3;1H. The third-order valence-corrected chi connectivity index (χ3v) is 4.04. The molecule has 5 heteroatoms. The fourth-order valence-corrected chi connectivity index (χ4v) is 2.93. The highest BCUT2D eigenvalue weighted by Gasteiger charge is 2.21. The molecule has 1 unspecified atom stereocenters. The predicted molar refractivity (Wildman–Crippen MR) is 83.3 cm³/mol. The first kappa shape index (κ1) is 16.9. The quantitative estimate of drug-likeness (QED) is 0.872. The minimum absolute atomic E-state index is 0. The van der Waals surface area contributed by atoms with Crippen molar-refractivity contribution in [3.05, 3.63) is 34.1 Å². The highest BCUT2D eigenvalue weighted by molar-refractivity contribution is 9.10. The van der Waals surface area contributed by atoms with Crippen molar-refractivity contribution >= 4 is 28.3 Å². The average molecular weight is 352 g/mol. The average Bonchev–Trinajstić information content (AvgIpc) is 2.87. The molecular weight excluding hydrogens is 331 g/mol. The summed E-state index contributed by atoms with van der Waals surface area (Å²) in [5, 5.41) is 3.41. The maximum absolute atomic E-state index is 13.2. The van der Waals surface area contributed by atoms with Crippen molar-refractivity contribution in [2.45, 2.75) is 32.4 Å². The molecule has 2 nitrogen and oxygen atoms in total. The molecule has 0 amide bonds. The molecule has 0 saturated carbocycles. The first-order valence-corrected chi connectivity index (χ1v) is 7.38. The molecule has 1 aliphatic heterocycles. The number of hydrogen-bond acceptors (Lipinski definition) is 2. The fourth-order valence-electron chi connectivity index (χ4n) is 2.50. The van der Waals surface area contributed by atoms with Gasteiger partial charge in [0.2, 0.25) is 0 Å². The van der Waals surface area contributed by atoms with Crippen LogP contribution in [0.4, 0.5) is 4.39 Å². The Morgan fingerprint density at radius 1 is 1.47 bits per heavy atom. The third kappa shape index (κ3) is 4.71. The van der Waals surface area contributed by atoms with Crippen LogP contribution in [0, 0.1) is 5.82 Å². The first-order chi connectivity index (χ1) is 8.70. The zero-order valence-corrected chi connectivity index (χ0v) is 13.6. The van der Waals surface area contributed by atoms with Gasteiger partial charge in [-0.25, -0.2) is 4.39 Å². The van der Waals surface area contributed by atoms with Crippen molar-refractivity contribution in [1.29, 1.82) is 0 Å². The summed E-state index contributed by atoms with van der Waals surface area (Å²) >= 11 is 3.25. The van der Waals surface area contributed by atoms with Crippen molar-refractivity contribution < 1.29 is 4.39 Å². The molecular formula is C14H21BrClFN2. The number of nitrogens with zero attached hydrogens (tertiary/aromatic N) is 1. The van der Waals surface area contributed by atoms with Crippen LogP contribution >= 0.6 is 28.3 Å². The van der Waals surface area contributed by atoms with E-state index in [9.17, 15) is 4.39 Å². The number of halogens is 3. The molecule has 0 spiro atoms. The van der Waals surface area contributed by atoms with Gasteiger partial charge in [0.1, 0.15) is 5.82 Å². The summed E-state index contributed by atoms with van der Waals surface area (Å²) < 4.78 is 13.8. The van der Waals surface area contributed by atoms with Crippen LogP contribution < -0.4 is 5.32 Å². The van der Waals surface area contributed by atoms with Gasteiger partial charge in [-0.3, -0.25) is 4.90 Å². The maximum atomic E-state index is 13.2. The summed E-state index contributed by atoms with van der Waals surface area (Å²) in [6.07, 6.45) is 2.36. The van der Waals surface area contributed by atoms with E-state index in [4.69, 9.17) is 0 Å². The maximum Gasteiger partial charge on any atom is 0.137 e. The van der Waals surface area contributed by atoms with Crippen LogP contribution in [0.1, 0.15) is 25.3 Å². The minimum atomic E-state index is -0.191. The molecule has 1 fully saturated rings. The van der Waals surface area contributed by atoms with Gasteiger partial charge in [-0.1, -0.05) is 13.0 Å². The van der Waals surface area contributed by atoms with Crippen molar-refractivity contribution in [1.82, 2.24) is 10.2 Å². The Kier molecular flexibility index (Phi) is 7.29. The zero-order chi connectivity index (χ0) is 13.0. The van der Waals surface area contributed by atoms with E-state index < -0.39 is 0 Å². The molecule has 108 valence electrons. The predicted octanol–water partition coefficient (Wildman–Crippen LogP) is 3.58. The Morgan fingerprint density at radius 2 is 2.26 bits per heavy atom. The molecule has 19 heavy (non-hydrogen) atoms. The van der Waals surface area contributed by atoms with Gasteiger partial charge >= 0.3 is 0 Å². The topological polar surface area (TPSA) is 15.3 Å². The summed E-state index contributed by atoms with van der Waals surface area (Å²) in [4.78, 5) is 2.50. The molecule has 1 aromatic rings. The number of benzene rings is 1. The smallest absolute Gasteiger partial charge is 0.137 e. The lowest BCUT2D eigenvalue weighted by molar-refractivity contribution is 0.199. The van der Waals surface area contributed by atoms with Gasteiger partial charge in [-0.15, -0.1) is 12.4 Å². The molecule has 0 aromatic heterocycles. The zero-order valence-electron chi connectivity index (χ0n) is 11.2. The van der Waals surface area contributed by atoms with Gasteiger partial charge < -0.3 is 5.32 Å². The molecule has 2 rings (SSSR count). The van der Waals surface area contributed by atoms with Crippen LogP contribution in [0.5, 0.6) is 0 Å². The van der Waals surface area contributed by atoms with Gasteiger partial charge in [0, 0.05) is 19.1 Å². The molecule has 1 aromatic carbocycles. The van der Waals surface area contributed by atoms with Crippen LogP contribution in [-0.2, 0) is 6.54 Å². The molecule has 1 aliphatic rings. The molecule has 0 aliphatic carbocycles. The van der Waals surface area contributed by atoms with Gasteiger partial charge in [0.25, 0.3) is 0 Å². The Morgan fingerprint density at radius 3 is 2.84 bits per heavy atom. The summed E-state index contributed by atoms with van der Waals surface area (Å²) in [6.45, 7) is 6.39. The summed E-state index contributed by atoms with van der Waals surface area (Å²) in [5.74, 6) is -0.191. The van der Waals surface area contributed by atoms with Crippen molar-refractivity contribution in [3.8, 4) is 0 Å². The highest BCUT2D eigenvalue weighted by Crippen LogP contribution is 2.20. The van der Waals surface area contributed by atoms with Crippen LogP contribution in [0.25, 0.3) is 0 Å². The number of nitrogens with one attached hydrogen (secondary N) is 1. The van der Waals surface area contributed by atoms with Gasteiger partial charge in [-0.05, 0) is 59.6 Å². The Bertz CT molecular complexity index is 397. The summed E-state index contributed by atoms with van der Waals surface area (Å²) in [6, 6.07) is 5.93. The van der Waals surface area contributed by atoms with E-state index in [0.29, 0.717) is 10.5 Å². The van der Waals surface area contributed by atoms with Crippen LogP contribution in [0.2, 0.25) is 0 Å². The fraction of sp³-hybridized carbons (Fsp3) is 0.571. The lowest BCUT2D eigenvalue weighted by atomic mass is 10.1. The normalized spacial score (nSPS) is 18.6. The monoisotopic (exact) mass is 350 g/mol. The summed E-state index contributed by atoms with van der Waals surface area (Å²) in [5.41, 5.74) is 1.17. The minimum Gasteiger partial charge on any atom is -0.315 e. The van der Waals surface area contributed by atoms with Gasteiger partial charge in [0.05, 0.1) is 4.47 Å². The van der Waals surface area contributed by atoms with E-state index in [0.717, 1.165) is 32.6 Å². The second kappa shape index (κ2) is 8.20. The van der Waals surface area contributed by atoms with Crippen molar-refractivity contribution in [2.24, 2.45) is 0 Å². The third-order valence-electron chi connectivity index (χ3n) is 3.43. The van der Waals surface area contributed by atoms with E-state index in [-0.39, 0.29) is 18.2 Å². The van der Waals surface area contributed by atoms with Crippen molar-refractivity contribution in [3.63, 3.8) is 0 Å². The lowest BCUT2D eigenvalue weighted by Crippen LogP contribution is -2.36. The van der Waals surface area contributed by atoms with Crippen LogP contribution in [-0.4, -0.2) is 30.6 Å². The van der Waals surface area contributed by atoms with E-state index in [1.165, 1.54) is 18.1 Å². The highest BCUT2D eigenvalue weighted by atomic mass is 79.9. The van der Waals surface area contributed by atoms with Crippen LogP contribution in [0.15, 0.2) is 22.7 Å². The lowest BCUT2D eigenvalue weighted by Gasteiger charge is -2.28. The SMILES string of the molecule is CCCN(Cc1ccc(F)c(Br)c1)C1CCNC1.Cl. The molecule has 1 N–H and O–H groups in total. The molecule has 1 saturated heterocycles. The molecule has 0 radical (unpaired) electrons. The summed E-state index contributed by atoms with van der Waals surface area (Å²) in [7, 11) is 0. The van der Waals surface area contributed by atoms with Crippen molar-refractivity contribution in [2.75, 3.05) is 19.6 Å². The van der Waals surface area contributed by atoms with E-state index in [1.807, 2.05) is 12.1 Å². The molecule has 0 bridgehead atoms. The second-order valence-corrected chi connectivity index (χ2v) is 5.72. The van der Waals surface area contributed by atoms with E-state index in [1.54, 1.807) is 0 Å². The van der Waals surface area contributed by atoms with Gasteiger partial charge in [-0.2, -0.15) is 0 Å². The van der Waals surface area contributed by atoms with E-state index >= 15 is 0 Å². The van der Waals surface area contributed by atoms with Crippen LogP contribution in [0.3, 0.4) is 0 Å². The Balaban J connectivity index is 0.00000180.